The molecule has 3 rings (SSSR count). The molecule has 1 aromatic heterocycles. The first-order valence-electron chi connectivity index (χ1n) is 7.88. The van der Waals surface area contributed by atoms with Crippen LogP contribution in [-0.2, 0) is 6.61 Å². The number of ether oxygens (including phenoxy) is 1. The molecule has 5 nitrogen and oxygen atoms in total. The Morgan fingerprint density at radius 3 is 2.64 bits per heavy atom. The quantitative estimate of drug-likeness (QED) is 0.514. The number of hydrogen-bond acceptors (Lipinski definition) is 5. The molecule has 9 heteroatoms. The van der Waals surface area contributed by atoms with Gasteiger partial charge in [0.15, 0.2) is 16.8 Å². The van der Waals surface area contributed by atoms with Crippen molar-refractivity contribution in [2.24, 2.45) is 0 Å². The number of thioether (sulfide) groups is 1. The lowest BCUT2D eigenvalue weighted by molar-refractivity contribution is 0.304. The molecular formula is C19H12F3N3O2S. The number of halogens is 3. The molecule has 0 spiro atoms. The highest BCUT2D eigenvalue weighted by molar-refractivity contribution is 7.98. The number of nitriles is 1. The molecule has 28 heavy (non-hydrogen) atoms. The summed E-state index contributed by atoms with van der Waals surface area (Å²) in [5, 5.41) is 9.60. The van der Waals surface area contributed by atoms with Crippen LogP contribution in [0.15, 0.2) is 46.3 Å². The van der Waals surface area contributed by atoms with Crippen LogP contribution in [0.2, 0.25) is 0 Å². The van der Waals surface area contributed by atoms with Crippen LogP contribution in [0, 0.1) is 28.8 Å². The first-order chi connectivity index (χ1) is 13.4. The van der Waals surface area contributed by atoms with Crippen molar-refractivity contribution >= 4 is 11.8 Å². The van der Waals surface area contributed by atoms with Crippen LogP contribution in [0.4, 0.5) is 13.2 Å². The molecule has 3 aromatic rings. The van der Waals surface area contributed by atoms with E-state index in [-0.39, 0.29) is 34.3 Å². The molecule has 0 aliphatic rings. The van der Waals surface area contributed by atoms with E-state index < -0.39 is 23.0 Å². The maximum atomic E-state index is 13.8. The number of rotatable bonds is 5. The molecule has 0 amide bonds. The summed E-state index contributed by atoms with van der Waals surface area (Å²) in [4.78, 5) is 18.8. The average molecular weight is 403 g/mol. The smallest absolute Gasteiger partial charge is 0.270 e. The molecule has 0 fully saturated rings. The van der Waals surface area contributed by atoms with E-state index in [1.54, 1.807) is 12.3 Å². The summed E-state index contributed by atoms with van der Waals surface area (Å²) < 4.78 is 45.8. The number of nitrogens with zero attached hydrogens (tertiary/aromatic N) is 2. The molecule has 142 valence electrons. The van der Waals surface area contributed by atoms with Gasteiger partial charge in [0.25, 0.3) is 5.56 Å². The number of hydrogen-bond donors (Lipinski definition) is 1. The van der Waals surface area contributed by atoms with Crippen LogP contribution in [0.1, 0.15) is 11.1 Å². The Balaban J connectivity index is 2.04. The highest BCUT2D eigenvalue weighted by atomic mass is 32.2. The lowest BCUT2D eigenvalue weighted by atomic mass is 10.1. The maximum Gasteiger partial charge on any atom is 0.270 e. The van der Waals surface area contributed by atoms with Crippen LogP contribution >= 0.6 is 11.8 Å². The Hall–Kier alpha value is -3.25. The van der Waals surface area contributed by atoms with Gasteiger partial charge in [-0.3, -0.25) is 4.79 Å². The van der Waals surface area contributed by atoms with E-state index in [0.29, 0.717) is 5.56 Å². The van der Waals surface area contributed by atoms with E-state index in [0.717, 1.165) is 24.3 Å². The third kappa shape index (κ3) is 4.02. The largest absolute Gasteiger partial charge is 0.488 e. The molecule has 0 aliphatic heterocycles. The van der Waals surface area contributed by atoms with Crippen LogP contribution in [-0.4, -0.2) is 16.2 Å². The topological polar surface area (TPSA) is 78.8 Å². The predicted octanol–water partition coefficient (Wildman–Crippen LogP) is 4.03. The summed E-state index contributed by atoms with van der Waals surface area (Å²) >= 11 is 1.17. The Labute approximate surface area is 161 Å². The second-order valence-corrected chi connectivity index (χ2v) is 6.38. The van der Waals surface area contributed by atoms with E-state index in [9.17, 15) is 23.2 Å². The van der Waals surface area contributed by atoms with Crippen LogP contribution in [0.25, 0.3) is 11.3 Å². The molecule has 0 unspecified atom stereocenters. The minimum atomic E-state index is -1.03. The summed E-state index contributed by atoms with van der Waals surface area (Å²) in [6.07, 6.45) is 1.69. The van der Waals surface area contributed by atoms with Gasteiger partial charge >= 0.3 is 0 Å². The third-order valence-corrected chi connectivity index (χ3v) is 4.36. The summed E-state index contributed by atoms with van der Waals surface area (Å²) in [5.41, 5.74) is -0.300. The monoisotopic (exact) mass is 403 g/mol. The van der Waals surface area contributed by atoms with Gasteiger partial charge in [0, 0.05) is 11.6 Å². The molecule has 1 N–H and O–H groups in total. The van der Waals surface area contributed by atoms with Crippen molar-refractivity contribution in [2.75, 3.05) is 6.26 Å². The highest BCUT2D eigenvalue weighted by Crippen LogP contribution is 2.32. The minimum Gasteiger partial charge on any atom is -0.488 e. The highest BCUT2D eigenvalue weighted by Gasteiger charge is 2.18. The Morgan fingerprint density at radius 2 is 1.96 bits per heavy atom. The standard InChI is InChI=1S/C19H12F3N3O2S/c1-28-19-24-17(13(8-23)18(26)25-19)12-4-3-11(20)7-16(12)27-9-10-2-5-14(21)15(22)6-10/h2-7H,9H2,1H3,(H,24,25,26). The number of H-pyrrole nitrogens is 1. The molecular weight excluding hydrogens is 391 g/mol. The SMILES string of the molecule is CSc1nc(-c2ccc(F)cc2OCc2ccc(F)c(F)c2)c(C#N)c(=O)[nH]1. The molecule has 0 bridgehead atoms. The summed E-state index contributed by atoms with van der Waals surface area (Å²) in [7, 11) is 0. The van der Waals surface area contributed by atoms with E-state index in [4.69, 9.17) is 4.74 Å². The number of nitrogens with one attached hydrogen (secondary N) is 1. The molecule has 0 saturated carbocycles. The number of aromatic amines is 1. The zero-order chi connectivity index (χ0) is 20.3. The van der Waals surface area contributed by atoms with Gasteiger partial charge in [0.2, 0.25) is 0 Å². The zero-order valence-electron chi connectivity index (χ0n) is 14.4. The fourth-order valence-electron chi connectivity index (χ4n) is 2.45. The van der Waals surface area contributed by atoms with Gasteiger partial charge in [0.1, 0.15) is 35.5 Å². The lowest BCUT2D eigenvalue weighted by Crippen LogP contribution is -2.15. The van der Waals surface area contributed by atoms with Gasteiger partial charge in [-0.25, -0.2) is 18.2 Å². The first-order valence-corrected chi connectivity index (χ1v) is 9.10. The normalized spacial score (nSPS) is 10.5. The Bertz CT molecular complexity index is 1140. The fraction of sp³-hybridized carbons (Fsp3) is 0.105. The predicted molar refractivity (Wildman–Crippen MR) is 97.4 cm³/mol. The maximum absolute atomic E-state index is 13.8. The first kappa shape index (κ1) is 19.5. The van der Waals surface area contributed by atoms with Gasteiger partial charge in [-0.1, -0.05) is 17.8 Å². The van der Waals surface area contributed by atoms with Crippen LogP contribution < -0.4 is 10.3 Å². The van der Waals surface area contributed by atoms with Crippen molar-refractivity contribution in [1.82, 2.24) is 9.97 Å². The molecule has 2 aromatic carbocycles. The summed E-state index contributed by atoms with van der Waals surface area (Å²) in [6, 6.07) is 8.58. The second-order valence-electron chi connectivity index (χ2n) is 5.59. The van der Waals surface area contributed by atoms with Crippen molar-refractivity contribution < 1.29 is 17.9 Å². The van der Waals surface area contributed by atoms with Gasteiger partial charge in [-0.15, -0.1) is 0 Å². The molecule has 1 heterocycles. The van der Waals surface area contributed by atoms with Crippen molar-refractivity contribution in [1.29, 1.82) is 5.26 Å². The van der Waals surface area contributed by atoms with Gasteiger partial charge < -0.3 is 9.72 Å². The summed E-state index contributed by atoms with van der Waals surface area (Å²) in [6.45, 7) is -0.186. The van der Waals surface area contributed by atoms with Crippen molar-refractivity contribution in [3.8, 4) is 23.1 Å². The minimum absolute atomic E-state index is 0.00591. The Morgan fingerprint density at radius 1 is 1.18 bits per heavy atom. The van der Waals surface area contributed by atoms with E-state index in [2.05, 4.69) is 9.97 Å². The van der Waals surface area contributed by atoms with Gasteiger partial charge in [-0.2, -0.15) is 5.26 Å². The average Bonchev–Trinajstić information content (AvgIpc) is 2.68. The van der Waals surface area contributed by atoms with Crippen molar-refractivity contribution in [2.45, 2.75) is 11.8 Å². The second kappa shape index (κ2) is 8.19. The number of aromatic nitrogens is 2. The zero-order valence-corrected chi connectivity index (χ0v) is 15.2. The van der Waals surface area contributed by atoms with Crippen LogP contribution in [0.3, 0.4) is 0 Å². The summed E-state index contributed by atoms with van der Waals surface area (Å²) in [5.74, 6) is -2.64. The lowest BCUT2D eigenvalue weighted by Gasteiger charge is -2.13. The third-order valence-electron chi connectivity index (χ3n) is 3.78. The van der Waals surface area contributed by atoms with E-state index in [1.807, 2.05) is 0 Å². The molecule has 0 saturated heterocycles. The fourth-order valence-corrected chi connectivity index (χ4v) is 2.83. The van der Waals surface area contributed by atoms with Crippen molar-refractivity contribution in [3.05, 3.63) is 75.3 Å². The molecule has 0 radical (unpaired) electrons. The van der Waals surface area contributed by atoms with E-state index >= 15 is 0 Å². The molecule has 0 aliphatic carbocycles. The van der Waals surface area contributed by atoms with E-state index in [1.165, 1.54) is 23.9 Å². The van der Waals surface area contributed by atoms with Crippen molar-refractivity contribution in [3.63, 3.8) is 0 Å². The van der Waals surface area contributed by atoms with Crippen LogP contribution in [0.5, 0.6) is 5.75 Å². The van der Waals surface area contributed by atoms with Gasteiger partial charge in [-0.05, 0) is 36.1 Å². The Kier molecular flexibility index (Phi) is 5.70. The molecule has 0 atom stereocenters. The van der Waals surface area contributed by atoms with Gasteiger partial charge in [0.05, 0.1) is 0 Å². The number of benzene rings is 2.